The molecule has 0 spiro atoms. The highest BCUT2D eigenvalue weighted by Gasteiger charge is 2.22. The lowest BCUT2D eigenvalue weighted by atomic mass is 10.1. The Morgan fingerprint density at radius 3 is 2.43 bits per heavy atom. The number of hydrogen-bond acceptors (Lipinski definition) is 5. The highest BCUT2D eigenvalue weighted by atomic mass is 19.1. The van der Waals surface area contributed by atoms with Crippen molar-refractivity contribution in [1.82, 2.24) is 10.2 Å². The molecule has 158 valence electrons. The fourth-order valence-corrected chi connectivity index (χ4v) is 3.38. The number of piperazine rings is 1. The van der Waals surface area contributed by atoms with Crippen molar-refractivity contribution in [3.8, 4) is 0 Å². The lowest BCUT2D eigenvalue weighted by molar-refractivity contribution is -0.385. The number of halogens is 1. The molecule has 1 aliphatic heterocycles. The average Bonchev–Trinajstić information content (AvgIpc) is 2.75. The van der Waals surface area contributed by atoms with Gasteiger partial charge in [0, 0.05) is 56.5 Å². The van der Waals surface area contributed by atoms with E-state index in [4.69, 9.17) is 0 Å². The summed E-state index contributed by atoms with van der Waals surface area (Å²) in [4.78, 5) is 38.8. The van der Waals surface area contributed by atoms with E-state index in [1.165, 1.54) is 6.92 Å². The van der Waals surface area contributed by atoms with Crippen molar-refractivity contribution < 1.29 is 18.9 Å². The van der Waals surface area contributed by atoms with Crippen molar-refractivity contribution in [2.24, 2.45) is 0 Å². The third kappa shape index (κ3) is 4.91. The predicted molar refractivity (Wildman–Crippen MR) is 110 cm³/mol. The van der Waals surface area contributed by atoms with E-state index in [0.717, 1.165) is 30.9 Å². The van der Waals surface area contributed by atoms with Crippen LogP contribution in [0.4, 0.5) is 15.8 Å². The molecule has 0 radical (unpaired) electrons. The van der Waals surface area contributed by atoms with Crippen LogP contribution in [0.25, 0.3) is 0 Å². The lowest BCUT2D eigenvalue weighted by Gasteiger charge is -2.36. The van der Waals surface area contributed by atoms with Crippen molar-refractivity contribution in [2.45, 2.75) is 13.3 Å². The second-order valence-corrected chi connectivity index (χ2v) is 7.07. The molecule has 2 aromatic carbocycles. The molecule has 30 heavy (non-hydrogen) atoms. The molecule has 8 nitrogen and oxygen atoms in total. The van der Waals surface area contributed by atoms with Crippen molar-refractivity contribution in [3.63, 3.8) is 0 Å². The van der Waals surface area contributed by atoms with E-state index in [-0.39, 0.29) is 30.0 Å². The second kappa shape index (κ2) is 9.34. The van der Waals surface area contributed by atoms with Crippen LogP contribution in [0.15, 0.2) is 42.5 Å². The zero-order valence-corrected chi connectivity index (χ0v) is 16.6. The van der Waals surface area contributed by atoms with Crippen LogP contribution in [0, 0.1) is 22.9 Å². The standard InChI is InChI=1S/C21H23FN4O4/c1-15-18(22)13-16(14-19(15)26(29)30)21(28)23-8-7-20(27)25-11-9-24(10-12-25)17-5-3-2-4-6-17/h2-6,13-14H,7-12H2,1H3,(H,23,28). The molecule has 0 atom stereocenters. The topological polar surface area (TPSA) is 95.8 Å². The molecule has 0 bridgehead atoms. The van der Waals surface area contributed by atoms with Gasteiger partial charge in [-0.15, -0.1) is 0 Å². The summed E-state index contributed by atoms with van der Waals surface area (Å²) in [5, 5.41) is 13.5. The highest BCUT2D eigenvalue weighted by molar-refractivity contribution is 5.95. The normalized spacial score (nSPS) is 13.8. The Labute approximate surface area is 173 Å². The maximum Gasteiger partial charge on any atom is 0.276 e. The minimum atomic E-state index is -0.818. The lowest BCUT2D eigenvalue weighted by Crippen LogP contribution is -2.49. The van der Waals surface area contributed by atoms with Gasteiger partial charge in [-0.25, -0.2) is 4.39 Å². The van der Waals surface area contributed by atoms with Crippen LogP contribution in [0.5, 0.6) is 0 Å². The Balaban J connectivity index is 1.48. The zero-order valence-electron chi connectivity index (χ0n) is 16.6. The smallest absolute Gasteiger partial charge is 0.276 e. The first-order valence-corrected chi connectivity index (χ1v) is 9.67. The molecule has 1 fully saturated rings. The summed E-state index contributed by atoms with van der Waals surface area (Å²) < 4.78 is 13.9. The maximum atomic E-state index is 13.9. The van der Waals surface area contributed by atoms with Crippen molar-refractivity contribution >= 4 is 23.2 Å². The number of para-hydroxylation sites is 1. The summed E-state index contributed by atoms with van der Waals surface area (Å²) in [5.74, 6) is -1.55. The minimum Gasteiger partial charge on any atom is -0.368 e. The summed E-state index contributed by atoms with van der Waals surface area (Å²) >= 11 is 0. The van der Waals surface area contributed by atoms with Gasteiger partial charge in [-0.3, -0.25) is 19.7 Å². The number of nitro benzene ring substituents is 1. The van der Waals surface area contributed by atoms with Gasteiger partial charge in [0.2, 0.25) is 5.91 Å². The molecule has 2 amide bonds. The quantitative estimate of drug-likeness (QED) is 0.579. The largest absolute Gasteiger partial charge is 0.368 e. The van der Waals surface area contributed by atoms with E-state index < -0.39 is 22.3 Å². The number of amides is 2. The van der Waals surface area contributed by atoms with E-state index in [0.29, 0.717) is 13.1 Å². The van der Waals surface area contributed by atoms with Crippen molar-refractivity contribution in [2.75, 3.05) is 37.6 Å². The monoisotopic (exact) mass is 414 g/mol. The number of rotatable bonds is 6. The van der Waals surface area contributed by atoms with Gasteiger partial charge in [0.1, 0.15) is 5.82 Å². The Kier molecular flexibility index (Phi) is 6.61. The molecule has 0 aromatic heterocycles. The van der Waals surface area contributed by atoms with Gasteiger partial charge in [0.15, 0.2) is 0 Å². The van der Waals surface area contributed by atoms with Crippen molar-refractivity contribution in [1.29, 1.82) is 0 Å². The Morgan fingerprint density at radius 2 is 1.80 bits per heavy atom. The van der Waals surface area contributed by atoms with E-state index in [1.807, 2.05) is 30.3 Å². The Morgan fingerprint density at radius 1 is 1.13 bits per heavy atom. The Bertz CT molecular complexity index is 944. The summed E-state index contributed by atoms with van der Waals surface area (Å²) in [5.41, 5.74) is 0.402. The number of anilines is 1. The molecule has 1 heterocycles. The number of benzene rings is 2. The van der Waals surface area contributed by atoms with E-state index in [1.54, 1.807) is 4.90 Å². The summed E-state index contributed by atoms with van der Waals surface area (Å²) in [6.07, 6.45) is 0.105. The number of hydrogen-bond donors (Lipinski definition) is 1. The van der Waals surface area contributed by atoms with Gasteiger partial charge >= 0.3 is 0 Å². The van der Waals surface area contributed by atoms with Crippen LogP contribution in [-0.4, -0.2) is 54.4 Å². The number of nitro groups is 1. The first kappa shape index (κ1) is 21.2. The second-order valence-electron chi connectivity index (χ2n) is 7.07. The number of carbonyl (C=O) groups is 2. The van der Waals surface area contributed by atoms with Crippen molar-refractivity contribution in [3.05, 3.63) is 69.5 Å². The summed E-state index contributed by atoms with van der Waals surface area (Å²) in [6, 6.07) is 12.0. The maximum absolute atomic E-state index is 13.9. The van der Waals surface area contributed by atoms with Gasteiger partial charge in [-0.05, 0) is 25.1 Å². The molecule has 1 saturated heterocycles. The van der Waals surface area contributed by atoms with Gasteiger partial charge in [0.05, 0.1) is 10.5 Å². The van der Waals surface area contributed by atoms with Crippen LogP contribution >= 0.6 is 0 Å². The Hall–Kier alpha value is -3.49. The van der Waals surface area contributed by atoms with Crippen LogP contribution < -0.4 is 10.2 Å². The fraction of sp³-hybridized carbons (Fsp3) is 0.333. The van der Waals surface area contributed by atoms with Gasteiger partial charge < -0.3 is 15.1 Å². The first-order chi connectivity index (χ1) is 14.4. The highest BCUT2D eigenvalue weighted by Crippen LogP contribution is 2.22. The number of nitrogens with one attached hydrogen (secondary N) is 1. The third-order valence-corrected chi connectivity index (χ3v) is 5.15. The first-order valence-electron chi connectivity index (χ1n) is 9.67. The zero-order chi connectivity index (χ0) is 21.7. The molecule has 9 heteroatoms. The molecular weight excluding hydrogens is 391 g/mol. The minimum absolute atomic E-state index is 0.0693. The van der Waals surface area contributed by atoms with Crippen LogP contribution in [0.2, 0.25) is 0 Å². The average molecular weight is 414 g/mol. The van der Waals surface area contributed by atoms with Crippen LogP contribution in [0.1, 0.15) is 22.3 Å². The van der Waals surface area contributed by atoms with Crippen LogP contribution in [0.3, 0.4) is 0 Å². The molecule has 0 unspecified atom stereocenters. The number of nitrogens with zero attached hydrogens (tertiary/aromatic N) is 3. The van der Waals surface area contributed by atoms with E-state index in [9.17, 15) is 24.1 Å². The predicted octanol–water partition coefficient (Wildman–Crippen LogP) is 2.51. The molecule has 3 rings (SSSR count). The molecule has 0 saturated carbocycles. The summed E-state index contributed by atoms with van der Waals surface area (Å²) in [7, 11) is 0. The van der Waals surface area contributed by atoms with Gasteiger partial charge in [-0.1, -0.05) is 18.2 Å². The van der Waals surface area contributed by atoms with Gasteiger partial charge in [0.25, 0.3) is 11.6 Å². The molecule has 1 N–H and O–H groups in total. The fourth-order valence-electron chi connectivity index (χ4n) is 3.38. The number of carbonyl (C=O) groups excluding carboxylic acids is 2. The molecule has 0 aliphatic carbocycles. The van der Waals surface area contributed by atoms with Gasteiger partial charge in [-0.2, -0.15) is 0 Å². The third-order valence-electron chi connectivity index (χ3n) is 5.15. The van der Waals surface area contributed by atoms with Crippen LogP contribution in [-0.2, 0) is 4.79 Å². The van der Waals surface area contributed by atoms with E-state index >= 15 is 0 Å². The molecule has 2 aromatic rings. The summed E-state index contributed by atoms with van der Waals surface area (Å²) in [6.45, 7) is 4.00. The molecular formula is C21H23FN4O4. The molecule has 1 aliphatic rings. The SMILES string of the molecule is Cc1c(F)cc(C(=O)NCCC(=O)N2CCN(c3ccccc3)CC2)cc1[N+](=O)[O-]. The van der Waals surface area contributed by atoms with E-state index in [2.05, 4.69) is 10.2 Å².